The van der Waals surface area contributed by atoms with Gasteiger partial charge in [0.15, 0.2) is 10.9 Å². The van der Waals surface area contributed by atoms with E-state index in [0.717, 1.165) is 24.0 Å². The highest BCUT2D eigenvalue weighted by atomic mass is 32.2. The van der Waals surface area contributed by atoms with E-state index in [4.69, 9.17) is 4.42 Å². The molecule has 1 saturated heterocycles. The van der Waals surface area contributed by atoms with Crippen LogP contribution in [0.1, 0.15) is 33.5 Å². The zero-order chi connectivity index (χ0) is 23.3. The SMILES string of the molecule is Cn1ccnc1SCc1ccc(C(=O)N2CCN(C(c3ccccc3)c3ccccc3)CC2)o1. The summed E-state index contributed by atoms with van der Waals surface area (Å²) >= 11 is 1.59. The van der Waals surface area contributed by atoms with Crippen LogP contribution in [0.2, 0.25) is 0 Å². The van der Waals surface area contributed by atoms with Crippen LogP contribution in [0.3, 0.4) is 0 Å². The Hall–Kier alpha value is -3.29. The second kappa shape index (κ2) is 10.3. The van der Waals surface area contributed by atoms with Gasteiger partial charge in [0.05, 0.1) is 11.8 Å². The summed E-state index contributed by atoms with van der Waals surface area (Å²) in [6.45, 7) is 2.96. The molecule has 2 aromatic heterocycles. The van der Waals surface area contributed by atoms with E-state index in [1.165, 1.54) is 11.1 Å². The summed E-state index contributed by atoms with van der Waals surface area (Å²) in [4.78, 5) is 21.8. The Bertz CT molecular complexity index is 1170. The Kier molecular flexibility index (Phi) is 6.83. The highest BCUT2D eigenvalue weighted by Gasteiger charge is 2.29. The third-order valence-corrected chi connectivity index (χ3v) is 7.27. The van der Waals surface area contributed by atoms with E-state index in [9.17, 15) is 4.79 Å². The van der Waals surface area contributed by atoms with E-state index < -0.39 is 0 Å². The number of thioether (sulfide) groups is 1. The summed E-state index contributed by atoms with van der Waals surface area (Å²) in [7, 11) is 1.96. The van der Waals surface area contributed by atoms with Crippen molar-refractivity contribution in [2.75, 3.05) is 26.2 Å². The Labute approximate surface area is 204 Å². The maximum Gasteiger partial charge on any atom is 0.289 e. The van der Waals surface area contributed by atoms with Crippen molar-refractivity contribution < 1.29 is 9.21 Å². The first kappa shape index (κ1) is 22.5. The fraction of sp³-hybridized carbons (Fsp3) is 0.259. The molecule has 0 saturated carbocycles. The zero-order valence-electron chi connectivity index (χ0n) is 19.2. The third kappa shape index (κ3) is 4.95. The van der Waals surface area contributed by atoms with Gasteiger partial charge in [0.25, 0.3) is 5.91 Å². The minimum atomic E-state index is -0.0381. The van der Waals surface area contributed by atoms with Crippen LogP contribution in [0.4, 0.5) is 0 Å². The number of hydrogen-bond donors (Lipinski definition) is 0. The molecule has 34 heavy (non-hydrogen) atoms. The summed E-state index contributed by atoms with van der Waals surface area (Å²) in [5.74, 6) is 1.79. The molecule has 5 rings (SSSR count). The number of imidazole rings is 1. The molecule has 0 spiro atoms. The fourth-order valence-electron chi connectivity index (χ4n) is 4.42. The number of furan rings is 1. The standard InChI is InChI=1S/C27H28N4O2S/c1-29-15-14-28-27(29)34-20-23-12-13-24(33-23)26(32)31-18-16-30(17-19-31)25(21-8-4-2-5-9-21)22-10-6-3-7-11-22/h2-15,25H,16-20H2,1H3. The number of aromatic nitrogens is 2. The van der Waals surface area contributed by atoms with Crippen molar-refractivity contribution in [2.45, 2.75) is 17.0 Å². The van der Waals surface area contributed by atoms with Gasteiger partial charge < -0.3 is 13.9 Å². The molecule has 6 nitrogen and oxygen atoms in total. The normalized spacial score (nSPS) is 14.6. The maximum atomic E-state index is 13.1. The molecule has 3 heterocycles. The van der Waals surface area contributed by atoms with Gasteiger partial charge in [0, 0.05) is 45.6 Å². The molecule has 1 aliphatic heterocycles. The smallest absolute Gasteiger partial charge is 0.289 e. The van der Waals surface area contributed by atoms with Crippen LogP contribution in [0, 0.1) is 0 Å². The Morgan fingerprint density at radius 3 is 2.18 bits per heavy atom. The summed E-state index contributed by atoms with van der Waals surface area (Å²) in [6, 6.07) is 25.0. The molecule has 4 aromatic rings. The van der Waals surface area contributed by atoms with Gasteiger partial charge >= 0.3 is 0 Å². The van der Waals surface area contributed by atoms with Crippen LogP contribution >= 0.6 is 11.8 Å². The average Bonchev–Trinajstić information content (AvgIpc) is 3.53. The summed E-state index contributed by atoms with van der Waals surface area (Å²) in [5, 5.41) is 0.923. The van der Waals surface area contributed by atoms with Gasteiger partial charge in [-0.2, -0.15) is 0 Å². The molecular formula is C27H28N4O2S. The lowest BCUT2D eigenvalue weighted by molar-refractivity contribution is 0.0566. The van der Waals surface area contributed by atoms with E-state index in [1.807, 2.05) is 28.8 Å². The van der Waals surface area contributed by atoms with Crippen molar-refractivity contribution >= 4 is 17.7 Å². The number of aryl methyl sites for hydroxylation is 1. The molecule has 0 N–H and O–H groups in total. The lowest BCUT2D eigenvalue weighted by atomic mass is 9.96. The van der Waals surface area contributed by atoms with Gasteiger partial charge in [-0.25, -0.2) is 4.98 Å². The topological polar surface area (TPSA) is 54.5 Å². The highest BCUT2D eigenvalue weighted by molar-refractivity contribution is 7.98. The van der Waals surface area contributed by atoms with Gasteiger partial charge in [-0.1, -0.05) is 72.4 Å². The van der Waals surface area contributed by atoms with Crippen LogP contribution in [-0.2, 0) is 12.8 Å². The number of benzene rings is 2. The van der Waals surface area contributed by atoms with Crippen molar-refractivity contribution in [1.29, 1.82) is 0 Å². The summed E-state index contributed by atoms with van der Waals surface area (Å²) in [6.07, 6.45) is 3.69. The van der Waals surface area contributed by atoms with Crippen molar-refractivity contribution in [3.63, 3.8) is 0 Å². The Morgan fingerprint density at radius 1 is 0.941 bits per heavy atom. The molecule has 1 fully saturated rings. The molecule has 0 radical (unpaired) electrons. The largest absolute Gasteiger partial charge is 0.455 e. The number of carbonyl (C=O) groups excluding carboxylic acids is 1. The average molecular weight is 473 g/mol. The van der Waals surface area contributed by atoms with Crippen molar-refractivity contribution in [1.82, 2.24) is 19.4 Å². The lowest BCUT2D eigenvalue weighted by Crippen LogP contribution is -2.49. The van der Waals surface area contributed by atoms with Gasteiger partial charge in [-0.15, -0.1) is 0 Å². The third-order valence-electron chi connectivity index (χ3n) is 6.19. The van der Waals surface area contributed by atoms with E-state index >= 15 is 0 Å². The molecular weight excluding hydrogens is 444 g/mol. The number of amides is 1. The Balaban J connectivity index is 1.22. The molecule has 1 aliphatic rings. The number of rotatable bonds is 7. The molecule has 0 unspecified atom stereocenters. The molecule has 1 amide bonds. The second-order valence-electron chi connectivity index (χ2n) is 8.43. The zero-order valence-corrected chi connectivity index (χ0v) is 20.0. The number of nitrogens with zero attached hydrogens (tertiary/aromatic N) is 4. The first-order chi connectivity index (χ1) is 16.7. The van der Waals surface area contributed by atoms with Crippen molar-refractivity contribution in [3.8, 4) is 0 Å². The minimum Gasteiger partial charge on any atom is -0.455 e. The van der Waals surface area contributed by atoms with E-state index in [0.29, 0.717) is 24.6 Å². The monoisotopic (exact) mass is 472 g/mol. The number of hydrogen-bond acceptors (Lipinski definition) is 5. The summed E-state index contributed by atoms with van der Waals surface area (Å²) < 4.78 is 7.86. The fourth-order valence-corrected chi connectivity index (χ4v) is 5.25. The van der Waals surface area contributed by atoms with Crippen molar-refractivity contribution in [2.24, 2.45) is 7.05 Å². The minimum absolute atomic E-state index is 0.0381. The van der Waals surface area contributed by atoms with Crippen LogP contribution in [0.15, 0.2) is 94.8 Å². The van der Waals surface area contributed by atoms with Gasteiger partial charge in [-0.3, -0.25) is 9.69 Å². The first-order valence-electron chi connectivity index (χ1n) is 11.5. The van der Waals surface area contributed by atoms with Crippen LogP contribution in [0.25, 0.3) is 0 Å². The van der Waals surface area contributed by atoms with Gasteiger partial charge in [0.1, 0.15) is 5.76 Å². The second-order valence-corrected chi connectivity index (χ2v) is 9.37. The number of piperazine rings is 1. The Morgan fingerprint density at radius 2 is 1.59 bits per heavy atom. The first-order valence-corrected chi connectivity index (χ1v) is 12.5. The van der Waals surface area contributed by atoms with Crippen LogP contribution in [-0.4, -0.2) is 51.4 Å². The van der Waals surface area contributed by atoms with Crippen LogP contribution in [0.5, 0.6) is 0 Å². The molecule has 7 heteroatoms. The predicted octanol–water partition coefficient (Wildman–Crippen LogP) is 4.85. The lowest BCUT2D eigenvalue weighted by Gasteiger charge is -2.39. The molecule has 0 atom stereocenters. The molecule has 2 aromatic carbocycles. The van der Waals surface area contributed by atoms with E-state index in [-0.39, 0.29) is 11.9 Å². The predicted molar refractivity (Wildman–Crippen MR) is 134 cm³/mol. The highest BCUT2D eigenvalue weighted by Crippen LogP contribution is 2.30. The maximum absolute atomic E-state index is 13.1. The quantitative estimate of drug-likeness (QED) is 0.360. The van der Waals surface area contributed by atoms with Crippen molar-refractivity contribution in [3.05, 3.63) is 108 Å². The number of carbonyl (C=O) groups is 1. The molecule has 174 valence electrons. The molecule has 0 aliphatic carbocycles. The van der Waals surface area contributed by atoms with Crippen LogP contribution < -0.4 is 0 Å². The summed E-state index contributed by atoms with van der Waals surface area (Å²) in [5.41, 5.74) is 2.55. The van der Waals surface area contributed by atoms with E-state index in [1.54, 1.807) is 24.0 Å². The molecule has 0 bridgehead atoms. The van der Waals surface area contributed by atoms with E-state index in [2.05, 4.69) is 70.5 Å². The van der Waals surface area contributed by atoms with Gasteiger partial charge in [0.2, 0.25) is 0 Å². The van der Waals surface area contributed by atoms with Gasteiger partial charge in [-0.05, 0) is 23.3 Å².